The zero-order chi connectivity index (χ0) is 17.3. The molecule has 128 valence electrons. The Kier molecular flexibility index (Phi) is 6.74. The van der Waals surface area contributed by atoms with Gasteiger partial charge in [-0.25, -0.2) is 8.42 Å². The third kappa shape index (κ3) is 5.66. The van der Waals surface area contributed by atoms with E-state index in [1.807, 2.05) is 18.2 Å². The van der Waals surface area contributed by atoms with E-state index in [-0.39, 0.29) is 5.75 Å². The van der Waals surface area contributed by atoms with Crippen molar-refractivity contribution in [3.8, 4) is 0 Å². The Hall–Kier alpha value is -2.41. The monoisotopic (exact) mass is 346 g/mol. The van der Waals surface area contributed by atoms with Crippen LogP contribution in [0.4, 0.5) is 0 Å². The first-order valence-corrected chi connectivity index (χ1v) is 9.39. The SMILES string of the molecule is CN=C(NCCCS(=O)(=O)c1ccccc1)NCc1ccccn1. The molecule has 0 unspecified atom stereocenters. The highest BCUT2D eigenvalue weighted by Crippen LogP contribution is 2.10. The fourth-order valence-electron chi connectivity index (χ4n) is 2.11. The normalized spacial score (nSPS) is 12.0. The minimum Gasteiger partial charge on any atom is -0.356 e. The maximum atomic E-state index is 12.2. The number of aliphatic imine (C=N–C) groups is 1. The third-order valence-corrected chi connectivity index (χ3v) is 5.19. The van der Waals surface area contributed by atoms with E-state index in [1.165, 1.54) is 0 Å². The van der Waals surface area contributed by atoms with Crippen LogP contribution in [0.25, 0.3) is 0 Å². The van der Waals surface area contributed by atoms with Gasteiger partial charge in [0.1, 0.15) is 0 Å². The summed E-state index contributed by atoms with van der Waals surface area (Å²) in [6.45, 7) is 1.08. The number of hydrogen-bond acceptors (Lipinski definition) is 4. The lowest BCUT2D eigenvalue weighted by Crippen LogP contribution is -2.37. The van der Waals surface area contributed by atoms with Crippen LogP contribution in [0.1, 0.15) is 12.1 Å². The van der Waals surface area contributed by atoms with Gasteiger partial charge in [-0.1, -0.05) is 24.3 Å². The number of rotatable bonds is 7. The molecule has 0 saturated heterocycles. The van der Waals surface area contributed by atoms with Crippen molar-refractivity contribution in [3.63, 3.8) is 0 Å². The van der Waals surface area contributed by atoms with Gasteiger partial charge >= 0.3 is 0 Å². The molecular weight excluding hydrogens is 324 g/mol. The molecule has 1 aromatic heterocycles. The number of aromatic nitrogens is 1. The van der Waals surface area contributed by atoms with Crippen molar-refractivity contribution >= 4 is 15.8 Å². The van der Waals surface area contributed by atoms with Gasteiger partial charge in [0, 0.05) is 19.8 Å². The van der Waals surface area contributed by atoms with Crippen LogP contribution in [0.2, 0.25) is 0 Å². The molecule has 0 aliphatic carbocycles. The summed E-state index contributed by atoms with van der Waals surface area (Å²) in [7, 11) is -1.56. The van der Waals surface area contributed by atoms with Gasteiger partial charge in [0.2, 0.25) is 0 Å². The van der Waals surface area contributed by atoms with Crippen LogP contribution >= 0.6 is 0 Å². The Morgan fingerprint density at radius 1 is 1.08 bits per heavy atom. The largest absolute Gasteiger partial charge is 0.356 e. The van der Waals surface area contributed by atoms with Gasteiger partial charge in [-0.3, -0.25) is 9.98 Å². The number of hydrogen-bond donors (Lipinski definition) is 2. The molecule has 0 spiro atoms. The number of sulfone groups is 1. The zero-order valence-corrected chi connectivity index (χ0v) is 14.5. The minimum atomic E-state index is -3.23. The van der Waals surface area contributed by atoms with Crippen LogP contribution in [0.15, 0.2) is 64.6 Å². The number of nitrogens with one attached hydrogen (secondary N) is 2. The van der Waals surface area contributed by atoms with Crippen molar-refractivity contribution in [2.75, 3.05) is 19.3 Å². The maximum absolute atomic E-state index is 12.2. The van der Waals surface area contributed by atoms with Gasteiger partial charge < -0.3 is 10.6 Å². The van der Waals surface area contributed by atoms with E-state index in [4.69, 9.17) is 0 Å². The second kappa shape index (κ2) is 9.02. The molecule has 2 aromatic rings. The first-order valence-electron chi connectivity index (χ1n) is 7.74. The average molecular weight is 346 g/mol. The number of guanidine groups is 1. The smallest absolute Gasteiger partial charge is 0.191 e. The molecule has 24 heavy (non-hydrogen) atoms. The molecule has 0 bridgehead atoms. The van der Waals surface area contributed by atoms with E-state index in [2.05, 4.69) is 20.6 Å². The van der Waals surface area contributed by atoms with Crippen LogP contribution in [0.5, 0.6) is 0 Å². The summed E-state index contributed by atoms with van der Waals surface area (Å²) in [5.74, 6) is 0.721. The third-order valence-electron chi connectivity index (χ3n) is 3.37. The lowest BCUT2D eigenvalue weighted by atomic mass is 10.3. The topological polar surface area (TPSA) is 83.5 Å². The highest BCUT2D eigenvalue weighted by atomic mass is 32.2. The van der Waals surface area contributed by atoms with Crippen LogP contribution in [0, 0.1) is 0 Å². The molecule has 0 radical (unpaired) electrons. The van der Waals surface area contributed by atoms with Crippen molar-refractivity contribution in [2.45, 2.75) is 17.9 Å². The van der Waals surface area contributed by atoms with Gasteiger partial charge in [0.05, 0.1) is 22.9 Å². The fraction of sp³-hybridized carbons (Fsp3) is 0.294. The van der Waals surface area contributed by atoms with Gasteiger partial charge in [-0.15, -0.1) is 0 Å². The van der Waals surface area contributed by atoms with Crippen LogP contribution in [0.3, 0.4) is 0 Å². The summed E-state index contributed by atoms with van der Waals surface area (Å²) in [5, 5.41) is 6.25. The fourth-order valence-corrected chi connectivity index (χ4v) is 3.44. The Bertz CT molecular complexity index is 747. The van der Waals surface area contributed by atoms with E-state index < -0.39 is 9.84 Å². The Morgan fingerprint density at radius 2 is 1.83 bits per heavy atom. The maximum Gasteiger partial charge on any atom is 0.191 e. The molecule has 7 heteroatoms. The summed E-state index contributed by atoms with van der Waals surface area (Å²) in [6, 6.07) is 14.2. The van der Waals surface area contributed by atoms with E-state index >= 15 is 0 Å². The summed E-state index contributed by atoms with van der Waals surface area (Å²) in [4.78, 5) is 8.70. The van der Waals surface area contributed by atoms with E-state index in [9.17, 15) is 8.42 Å². The molecule has 0 fully saturated rings. The number of nitrogens with zero attached hydrogens (tertiary/aromatic N) is 2. The van der Waals surface area contributed by atoms with Crippen LogP contribution in [-0.4, -0.2) is 38.7 Å². The second-order valence-electron chi connectivity index (χ2n) is 5.16. The summed E-state index contributed by atoms with van der Waals surface area (Å²) < 4.78 is 24.4. The molecule has 2 rings (SSSR count). The van der Waals surface area contributed by atoms with Gasteiger partial charge in [0.25, 0.3) is 0 Å². The Balaban J connectivity index is 1.74. The highest BCUT2D eigenvalue weighted by Gasteiger charge is 2.13. The first-order chi connectivity index (χ1) is 11.6. The molecule has 1 aromatic carbocycles. The second-order valence-corrected chi connectivity index (χ2v) is 7.27. The standard InChI is InChI=1S/C17H22N4O2S/c1-18-17(21-14-15-8-5-6-11-19-15)20-12-7-13-24(22,23)16-9-3-2-4-10-16/h2-6,8-11H,7,12-14H2,1H3,(H2,18,20,21). The van der Waals surface area contributed by atoms with Gasteiger partial charge in [-0.05, 0) is 30.7 Å². The lowest BCUT2D eigenvalue weighted by Gasteiger charge is -2.11. The van der Waals surface area contributed by atoms with Gasteiger partial charge in [-0.2, -0.15) is 0 Å². The van der Waals surface area contributed by atoms with Crippen LogP contribution < -0.4 is 10.6 Å². The highest BCUT2D eigenvalue weighted by molar-refractivity contribution is 7.91. The van der Waals surface area contributed by atoms with Crippen molar-refractivity contribution in [1.29, 1.82) is 0 Å². The van der Waals surface area contributed by atoms with Crippen molar-refractivity contribution in [2.24, 2.45) is 4.99 Å². The van der Waals surface area contributed by atoms with Crippen LogP contribution in [-0.2, 0) is 16.4 Å². The summed E-state index contributed by atoms with van der Waals surface area (Å²) in [6.07, 6.45) is 2.24. The Morgan fingerprint density at radius 3 is 2.50 bits per heavy atom. The zero-order valence-electron chi connectivity index (χ0n) is 13.6. The molecule has 1 heterocycles. The van der Waals surface area contributed by atoms with E-state index in [0.29, 0.717) is 30.4 Å². The molecule has 0 aliphatic heterocycles. The van der Waals surface area contributed by atoms with Crippen molar-refractivity contribution < 1.29 is 8.42 Å². The summed E-state index contributed by atoms with van der Waals surface area (Å²) >= 11 is 0. The minimum absolute atomic E-state index is 0.0985. The molecular formula is C17H22N4O2S. The van der Waals surface area contributed by atoms with E-state index in [0.717, 1.165) is 5.69 Å². The predicted molar refractivity (Wildman–Crippen MR) is 95.6 cm³/mol. The molecule has 0 aliphatic rings. The van der Waals surface area contributed by atoms with Gasteiger partial charge in [0.15, 0.2) is 15.8 Å². The lowest BCUT2D eigenvalue weighted by molar-refractivity contribution is 0.592. The molecule has 0 amide bonds. The first kappa shape index (κ1) is 17.9. The quantitative estimate of drug-likeness (QED) is 0.452. The average Bonchev–Trinajstić information content (AvgIpc) is 2.63. The number of benzene rings is 1. The number of pyridine rings is 1. The van der Waals surface area contributed by atoms with E-state index in [1.54, 1.807) is 43.6 Å². The Labute approximate surface area is 143 Å². The van der Waals surface area contributed by atoms with Crippen molar-refractivity contribution in [3.05, 3.63) is 60.4 Å². The van der Waals surface area contributed by atoms with Crippen molar-refractivity contribution in [1.82, 2.24) is 15.6 Å². The molecule has 0 saturated carbocycles. The molecule has 6 nitrogen and oxygen atoms in total. The molecule has 0 atom stereocenters. The summed E-state index contributed by atoms with van der Waals surface area (Å²) in [5.41, 5.74) is 0.909. The predicted octanol–water partition coefficient (Wildman–Crippen LogP) is 1.61. The molecule has 2 N–H and O–H groups in total.